The van der Waals surface area contributed by atoms with Crippen molar-refractivity contribution in [2.75, 3.05) is 19.7 Å². The summed E-state index contributed by atoms with van der Waals surface area (Å²) in [5.41, 5.74) is 2.57. The van der Waals surface area contributed by atoms with E-state index in [-0.39, 0.29) is 6.10 Å². The quantitative estimate of drug-likeness (QED) is 0.787. The van der Waals surface area contributed by atoms with Crippen LogP contribution in [0.1, 0.15) is 11.7 Å². The predicted molar refractivity (Wildman–Crippen MR) is 64.5 cm³/mol. The Kier molecular flexibility index (Phi) is 2.42. The first kappa shape index (κ1) is 9.87. The average molecular weight is 216 g/mol. The van der Waals surface area contributed by atoms with Crippen molar-refractivity contribution in [3.8, 4) is 0 Å². The molecule has 3 heteroatoms. The fraction of sp³-hybridized carbons (Fsp3) is 0.385. The SMILES string of the molecule is Cn1cc(C2CNCCO2)c2ccccc21. The minimum Gasteiger partial charge on any atom is -0.371 e. The summed E-state index contributed by atoms with van der Waals surface area (Å²) in [5, 5.41) is 4.68. The lowest BCUT2D eigenvalue weighted by Gasteiger charge is -2.23. The Hall–Kier alpha value is -1.32. The fourth-order valence-corrected chi connectivity index (χ4v) is 2.39. The van der Waals surface area contributed by atoms with E-state index >= 15 is 0 Å². The third-order valence-electron chi connectivity index (χ3n) is 3.20. The Balaban J connectivity index is 2.08. The molecule has 0 amide bonds. The van der Waals surface area contributed by atoms with Crippen LogP contribution in [0, 0.1) is 0 Å². The van der Waals surface area contributed by atoms with E-state index in [1.54, 1.807) is 0 Å². The Morgan fingerprint density at radius 2 is 2.25 bits per heavy atom. The van der Waals surface area contributed by atoms with Gasteiger partial charge in [-0.3, -0.25) is 0 Å². The summed E-state index contributed by atoms with van der Waals surface area (Å²) in [5.74, 6) is 0. The van der Waals surface area contributed by atoms with Crippen LogP contribution in [-0.2, 0) is 11.8 Å². The van der Waals surface area contributed by atoms with Crippen LogP contribution in [0.15, 0.2) is 30.5 Å². The number of hydrogen-bond acceptors (Lipinski definition) is 2. The molecule has 1 aromatic heterocycles. The van der Waals surface area contributed by atoms with Crippen molar-refractivity contribution in [2.45, 2.75) is 6.10 Å². The molecule has 0 saturated carbocycles. The zero-order chi connectivity index (χ0) is 11.0. The molecule has 3 nitrogen and oxygen atoms in total. The number of hydrogen-bond donors (Lipinski definition) is 1. The number of ether oxygens (including phenoxy) is 1. The lowest BCUT2D eigenvalue weighted by atomic mass is 10.1. The van der Waals surface area contributed by atoms with Gasteiger partial charge in [-0.15, -0.1) is 0 Å². The van der Waals surface area contributed by atoms with Crippen LogP contribution in [0.5, 0.6) is 0 Å². The third kappa shape index (κ3) is 1.52. The number of aryl methyl sites for hydroxylation is 1. The van der Waals surface area contributed by atoms with Crippen LogP contribution in [0.25, 0.3) is 10.9 Å². The first-order chi connectivity index (χ1) is 7.86. The highest BCUT2D eigenvalue weighted by atomic mass is 16.5. The highest BCUT2D eigenvalue weighted by Crippen LogP contribution is 2.28. The smallest absolute Gasteiger partial charge is 0.0970 e. The van der Waals surface area contributed by atoms with Gasteiger partial charge in [0.2, 0.25) is 0 Å². The van der Waals surface area contributed by atoms with Crippen LogP contribution < -0.4 is 5.32 Å². The van der Waals surface area contributed by atoms with Crippen LogP contribution in [0.4, 0.5) is 0 Å². The summed E-state index contributed by atoms with van der Waals surface area (Å²) in [6.07, 6.45) is 2.38. The Labute approximate surface area is 95.0 Å². The topological polar surface area (TPSA) is 26.2 Å². The van der Waals surface area contributed by atoms with Crippen molar-refractivity contribution < 1.29 is 4.74 Å². The van der Waals surface area contributed by atoms with Gasteiger partial charge in [-0.05, 0) is 6.07 Å². The molecule has 84 valence electrons. The lowest BCUT2D eigenvalue weighted by molar-refractivity contribution is 0.0285. The molecule has 1 aliphatic rings. The highest BCUT2D eigenvalue weighted by Gasteiger charge is 2.19. The summed E-state index contributed by atoms with van der Waals surface area (Å²) in [4.78, 5) is 0. The molecule has 0 spiro atoms. The minimum absolute atomic E-state index is 0.194. The van der Waals surface area contributed by atoms with Crippen molar-refractivity contribution >= 4 is 10.9 Å². The molecule has 1 aliphatic heterocycles. The standard InChI is InChI=1S/C13H16N2O/c1-15-9-11(13-8-14-6-7-16-13)10-4-2-3-5-12(10)15/h2-5,9,13-14H,6-8H2,1H3. The van der Waals surface area contributed by atoms with Crippen LogP contribution >= 0.6 is 0 Å². The number of morpholine rings is 1. The molecule has 1 unspecified atom stereocenters. The van der Waals surface area contributed by atoms with Gasteiger partial charge in [-0.1, -0.05) is 18.2 Å². The van der Waals surface area contributed by atoms with E-state index in [0.717, 1.165) is 19.7 Å². The third-order valence-corrected chi connectivity index (χ3v) is 3.20. The summed E-state index contributed by atoms with van der Waals surface area (Å²) in [6, 6.07) is 8.48. The molecule has 2 aromatic rings. The first-order valence-electron chi connectivity index (χ1n) is 5.72. The molecule has 2 heterocycles. The average Bonchev–Trinajstić information content (AvgIpc) is 2.69. The predicted octanol–water partition coefficient (Wildman–Crippen LogP) is 1.84. The number of nitrogens with zero attached hydrogens (tertiary/aromatic N) is 1. The van der Waals surface area contributed by atoms with E-state index in [0.29, 0.717) is 0 Å². The van der Waals surface area contributed by atoms with Gasteiger partial charge in [-0.2, -0.15) is 0 Å². The maximum atomic E-state index is 5.81. The number of para-hydroxylation sites is 1. The van der Waals surface area contributed by atoms with Crippen molar-refractivity contribution in [3.63, 3.8) is 0 Å². The summed E-state index contributed by atoms with van der Waals surface area (Å²) >= 11 is 0. The number of rotatable bonds is 1. The molecular weight excluding hydrogens is 200 g/mol. The maximum absolute atomic E-state index is 5.81. The van der Waals surface area contributed by atoms with Gasteiger partial charge in [0.05, 0.1) is 12.7 Å². The molecule has 0 bridgehead atoms. The van der Waals surface area contributed by atoms with E-state index in [9.17, 15) is 0 Å². The highest BCUT2D eigenvalue weighted by molar-refractivity contribution is 5.84. The van der Waals surface area contributed by atoms with Gasteiger partial charge >= 0.3 is 0 Å². The van der Waals surface area contributed by atoms with Gasteiger partial charge in [0, 0.05) is 42.8 Å². The van der Waals surface area contributed by atoms with Gasteiger partial charge < -0.3 is 14.6 Å². The number of benzene rings is 1. The van der Waals surface area contributed by atoms with E-state index in [1.165, 1.54) is 16.5 Å². The van der Waals surface area contributed by atoms with Gasteiger partial charge in [0.1, 0.15) is 0 Å². The number of aromatic nitrogens is 1. The zero-order valence-electron chi connectivity index (χ0n) is 9.44. The molecule has 0 aliphatic carbocycles. The summed E-state index contributed by atoms with van der Waals surface area (Å²) in [6.45, 7) is 2.67. The van der Waals surface area contributed by atoms with Crippen LogP contribution in [0.2, 0.25) is 0 Å². The number of fused-ring (bicyclic) bond motifs is 1. The Morgan fingerprint density at radius 3 is 3.06 bits per heavy atom. The maximum Gasteiger partial charge on any atom is 0.0970 e. The van der Waals surface area contributed by atoms with Gasteiger partial charge in [0.25, 0.3) is 0 Å². The zero-order valence-corrected chi connectivity index (χ0v) is 9.44. The molecular formula is C13H16N2O. The molecule has 1 aromatic carbocycles. The second-order valence-electron chi connectivity index (χ2n) is 4.28. The molecule has 3 rings (SSSR count). The molecule has 1 atom stereocenters. The molecule has 0 radical (unpaired) electrons. The van der Waals surface area contributed by atoms with Gasteiger partial charge in [-0.25, -0.2) is 0 Å². The second-order valence-corrected chi connectivity index (χ2v) is 4.28. The van der Waals surface area contributed by atoms with Crippen molar-refractivity contribution in [2.24, 2.45) is 7.05 Å². The van der Waals surface area contributed by atoms with Crippen LogP contribution in [-0.4, -0.2) is 24.3 Å². The van der Waals surface area contributed by atoms with E-state index in [1.807, 2.05) is 0 Å². The van der Waals surface area contributed by atoms with Crippen LogP contribution in [0.3, 0.4) is 0 Å². The van der Waals surface area contributed by atoms with E-state index in [4.69, 9.17) is 4.74 Å². The van der Waals surface area contributed by atoms with E-state index < -0.39 is 0 Å². The molecule has 1 fully saturated rings. The second kappa shape index (κ2) is 3.92. The molecule has 1 N–H and O–H groups in total. The number of nitrogens with one attached hydrogen (secondary N) is 1. The summed E-state index contributed by atoms with van der Waals surface area (Å²) in [7, 11) is 2.09. The Bertz CT molecular complexity index is 498. The van der Waals surface area contributed by atoms with E-state index in [2.05, 4.69) is 47.4 Å². The molecule has 1 saturated heterocycles. The Morgan fingerprint density at radius 1 is 1.38 bits per heavy atom. The normalized spacial score (nSPS) is 21.4. The minimum atomic E-state index is 0.194. The largest absolute Gasteiger partial charge is 0.371 e. The summed E-state index contributed by atoms with van der Waals surface area (Å²) < 4.78 is 7.98. The van der Waals surface area contributed by atoms with Crippen molar-refractivity contribution in [3.05, 3.63) is 36.0 Å². The van der Waals surface area contributed by atoms with Crippen molar-refractivity contribution in [1.29, 1.82) is 0 Å². The monoisotopic (exact) mass is 216 g/mol. The lowest BCUT2D eigenvalue weighted by Crippen LogP contribution is -2.33. The fourth-order valence-electron chi connectivity index (χ4n) is 2.39. The van der Waals surface area contributed by atoms with Crippen molar-refractivity contribution in [1.82, 2.24) is 9.88 Å². The van der Waals surface area contributed by atoms with Gasteiger partial charge in [0.15, 0.2) is 0 Å². The first-order valence-corrected chi connectivity index (χ1v) is 5.72. The molecule has 16 heavy (non-hydrogen) atoms.